The van der Waals surface area contributed by atoms with Crippen LogP contribution in [0.3, 0.4) is 0 Å². The second-order valence-corrected chi connectivity index (χ2v) is 6.69. The Kier molecular flexibility index (Phi) is 3.57. The van der Waals surface area contributed by atoms with E-state index in [0.717, 1.165) is 33.1 Å². The summed E-state index contributed by atoms with van der Waals surface area (Å²) < 4.78 is 0. The number of aromatic nitrogens is 9. The summed E-state index contributed by atoms with van der Waals surface area (Å²) >= 11 is 0. The van der Waals surface area contributed by atoms with E-state index in [2.05, 4.69) is 40.1 Å². The van der Waals surface area contributed by atoms with Gasteiger partial charge in [-0.3, -0.25) is 30.0 Å². The minimum absolute atomic E-state index is 0.644. The Bertz CT molecular complexity index is 1490. The Labute approximate surface area is 169 Å². The number of nitrogens with one attached hydrogen (secondary N) is 2. The Morgan fingerprint density at radius 2 is 1.73 bits per heavy atom. The van der Waals surface area contributed by atoms with Gasteiger partial charge >= 0.3 is 0 Å². The first kappa shape index (κ1) is 16.4. The van der Waals surface area contributed by atoms with Gasteiger partial charge in [-0.2, -0.15) is 5.10 Å². The molecule has 0 saturated carbocycles. The van der Waals surface area contributed by atoms with Gasteiger partial charge in [0, 0.05) is 47.5 Å². The molecule has 0 fully saturated rings. The third-order valence-corrected chi connectivity index (χ3v) is 4.86. The standard InChI is InChI=1S/C21H13N9/c1-2-12(7-22-3-1)14-8-24-10-18-19(14)28-21(27-18)20-13-6-15(17-9-23-4-5-25-17)26-11-16(13)29-30-20/h1-11H,(H,27,28)(H,29,30). The molecule has 0 aromatic carbocycles. The monoisotopic (exact) mass is 391 g/mol. The highest BCUT2D eigenvalue weighted by molar-refractivity contribution is 5.97. The van der Waals surface area contributed by atoms with Crippen LogP contribution in [-0.2, 0) is 0 Å². The second kappa shape index (κ2) is 6.52. The quantitative estimate of drug-likeness (QED) is 0.474. The number of nitrogens with zero attached hydrogens (tertiary/aromatic N) is 7. The fraction of sp³-hybridized carbons (Fsp3) is 0. The first-order chi connectivity index (χ1) is 14.9. The lowest BCUT2D eigenvalue weighted by Gasteiger charge is -2.00. The molecule has 0 unspecified atom stereocenters. The normalized spacial score (nSPS) is 11.3. The zero-order valence-electron chi connectivity index (χ0n) is 15.5. The zero-order valence-corrected chi connectivity index (χ0v) is 15.5. The highest BCUT2D eigenvalue weighted by Crippen LogP contribution is 2.31. The molecule has 6 heterocycles. The molecule has 6 rings (SSSR count). The summed E-state index contributed by atoms with van der Waals surface area (Å²) in [4.78, 5) is 29.6. The highest BCUT2D eigenvalue weighted by atomic mass is 15.1. The van der Waals surface area contributed by atoms with E-state index in [0.29, 0.717) is 22.9 Å². The lowest BCUT2D eigenvalue weighted by Crippen LogP contribution is -1.88. The van der Waals surface area contributed by atoms with Gasteiger partial charge in [-0.25, -0.2) is 4.98 Å². The fourth-order valence-electron chi connectivity index (χ4n) is 3.45. The van der Waals surface area contributed by atoms with Crippen molar-refractivity contribution < 1.29 is 0 Å². The van der Waals surface area contributed by atoms with Crippen molar-refractivity contribution in [1.29, 1.82) is 0 Å². The Hall–Kier alpha value is -4.53. The van der Waals surface area contributed by atoms with E-state index >= 15 is 0 Å². The highest BCUT2D eigenvalue weighted by Gasteiger charge is 2.16. The Morgan fingerprint density at radius 1 is 0.767 bits per heavy atom. The Morgan fingerprint density at radius 3 is 2.60 bits per heavy atom. The van der Waals surface area contributed by atoms with Crippen molar-refractivity contribution in [3.8, 4) is 34.0 Å². The molecular weight excluding hydrogens is 378 g/mol. The molecule has 142 valence electrons. The van der Waals surface area contributed by atoms with E-state index in [1.165, 1.54) is 0 Å². The summed E-state index contributed by atoms with van der Waals surface area (Å²) in [5.41, 5.74) is 6.42. The van der Waals surface area contributed by atoms with Crippen LogP contribution in [0.1, 0.15) is 0 Å². The molecule has 0 aliphatic rings. The summed E-state index contributed by atoms with van der Waals surface area (Å²) in [7, 11) is 0. The maximum Gasteiger partial charge on any atom is 0.159 e. The Balaban J connectivity index is 1.52. The summed E-state index contributed by atoms with van der Waals surface area (Å²) in [6.45, 7) is 0. The van der Waals surface area contributed by atoms with Crippen molar-refractivity contribution >= 4 is 21.9 Å². The maximum atomic E-state index is 4.83. The van der Waals surface area contributed by atoms with Crippen molar-refractivity contribution in [1.82, 2.24) is 45.1 Å². The van der Waals surface area contributed by atoms with Crippen LogP contribution in [0.4, 0.5) is 0 Å². The third-order valence-electron chi connectivity index (χ3n) is 4.86. The number of fused-ring (bicyclic) bond motifs is 2. The number of rotatable bonds is 3. The SMILES string of the molecule is c1cncc(-c2cncc3[nH]c(-c4n[nH]c5cnc(-c6cnccn6)cc45)nc23)c1. The lowest BCUT2D eigenvalue weighted by atomic mass is 10.1. The average Bonchev–Trinajstić information content (AvgIpc) is 3.43. The third kappa shape index (κ3) is 2.60. The van der Waals surface area contributed by atoms with E-state index in [9.17, 15) is 0 Å². The van der Waals surface area contributed by atoms with Gasteiger partial charge in [0.15, 0.2) is 5.82 Å². The minimum Gasteiger partial charge on any atom is -0.335 e. The largest absolute Gasteiger partial charge is 0.335 e. The summed E-state index contributed by atoms with van der Waals surface area (Å²) in [6.07, 6.45) is 13.8. The second-order valence-electron chi connectivity index (χ2n) is 6.69. The lowest BCUT2D eigenvalue weighted by molar-refractivity contribution is 1.10. The molecule has 0 bridgehead atoms. The molecule has 6 aromatic heterocycles. The van der Waals surface area contributed by atoms with Crippen LogP contribution in [0.25, 0.3) is 56.0 Å². The van der Waals surface area contributed by atoms with Gasteiger partial charge in [0.2, 0.25) is 0 Å². The van der Waals surface area contributed by atoms with Crippen LogP contribution in [0.15, 0.2) is 67.8 Å². The van der Waals surface area contributed by atoms with Crippen LogP contribution in [0, 0.1) is 0 Å². The maximum absolute atomic E-state index is 4.83. The van der Waals surface area contributed by atoms with E-state index < -0.39 is 0 Å². The molecule has 0 saturated heterocycles. The molecule has 9 heteroatoms. The van der Waals surface area contributed by atoms with Crippen LogP contribution >= 0.6 is 0 Å². The molecule has 30 heavy (non-hydrogen) atoms. The minimum atomic E-state index is 0.644. The number of hydrogen-bond donors (Lipinski definition) is 2. The molecule has 0 spiro atoms. The van der Waals surface area contributed by atoms with Crippen molar-refractivity contribution in [3.63, 3.8) is 0 Å². The van der Waals surface area contributed by atoms with Crippen LogP contribution < -0.4 is 0 Å². The molecule has 9 nitrogen and oxygen atoms in total. The van der Waals surface area contributed by atoms with E-state index in [1.807, 2.05) is 18.2 Å². The number of pyridine rings is 3. The topological polar surface area (TPSA) is 122 Å². The molecule has 0 radical (unpaired) electrons. The zero-order chi connectivity index (χ0) is 19.9. The predicted molar refractivity (Wildman–Crippen MR) is 111 cm³/mol. The van der Waals surface area contributed by atoms with E-state index in [4.69, 9.17) is 4.98 Å². The van der Waals surface area contributed by atoms with Gasteiger partial charge in [-0.1, -0.05) is 6.07 Å². The van der Waals surface area contributed by atoms with Gasteiger partial charge in [-0.05, 0) is 12.1 Å². The fourth-order valence-corrected chi connectivity index (χ4v) is 3.45. The number of hydrogen-bond acceptors (Lipinski definition) is 7. The summed E-state index contributed by atoms with van der Waals surface area (Å²) in [6, 6.07) is 5.82. The summed E-state index contributed by atoms with van der Waals surface area (Å²) in [5.74, 6) is 0.644. The molecule has 0 aliphatic heterocycles. The van der Waals surface area contributed by atoms with Gasteiger partial charge in [0.1, 0.15) is 16.9 Å². The van der Waals surface area contributed by atoms with Crippen LogP contribution in [0.5, 0.6) is 0 Å². The molecule has 6 aromatic rings. The van der Waals surface area contributed by atoms with Crippen molar-refractivity contribution in [3.05, 3.63) is 67.8 Å². The molecule has 2 N–H and O–H groups in total. The smallest absolute Gasteiger partial charge is 0.159 e. The van der Waals surface area contributed by atoms with Gasteiger partial charge in [0.05, 0.1) is 35.3 Å². The number of aromatic amines is 2. The van der Waals surface area contributed by atoms with Gasteiger partial charge < -0.3 is 4.98 Å². The van der Waals surface area contributed by atoms with Crippen molar-refractivity contribution in [2.75, 3.05) is 0 Å². The van der Waals surface area contributed by atoms with Crippen LogP contribution in [-0.4, -0.2) is 45.1 Å². The first-order valence-electron chi connectivity index (χ1n) is 9.22. The van der Waals surface area contributed by atoms with E-state index in [-0.39, 0.29) is 0 Å². The molecule has 0 atom stereocenters. The average molecular weight is 391 g/mol. The number of H-pyrrole nitrogens is 2. The molecule has 0 aliphatic carbocycles. The van der Waals surface area contributed by atoms with Gasteiger partial charge in [-0.15, -0.1) is 0 Å². The summed E-state index contributed by atoms with van der Waals surface area (Å²) in [5, 5.41) is 8.38. The van der Waals surface area contributed by atoms with Crippen molar-refractivity contribution in [2.45, 2.75) is 0 Å². The number of imidazole rings is 1. The van der Waals surface area contributed by atoms with Gasteiger partial charge in [0.25, 0.3) is 0 Å². The first-order valence-corrected chi connectivity index (χ1v) is 9.22. The van der Waals surface area contributed by atoms with E-state index in [1.54, 1.807) is 49.6 Å². The molecule has 0 amide bonds. The van der Waals surface area contributed by atoms with Crippen molar-refractivity contribution in [2.24, 2.45) is 0 Å². The van der Waals surface area contributed by atoms with Crippen LogP contribution in [0.2, 0.25) is 0 Å². The predicted octanol–water partition coefficient (Wildman–Crippen LogP) is 3.42. The molecular formula is C21H13N9.